The van der Waals surface area contributed by atoms with Gasteiger partial charge in [0.25, 0.3) is 0 Å². The highest BCUT2D eigenvalue weighted by atomic mass is 19.4. The molecule has 0 saturated carbocycles. The molecule has 0 saturated heterocycles. The minimum absolute atomic E-state index is 0.0829. The van der Waals surface area contributed by atoms with E-state index in [9.17, 15) is 18.3 Å². The first kappa shape index (κ1) is 18.6. The monoisotopic (exact) mass is 375 g/mol. The normalized spacial score (nSPS) is 11.4. The molecule has 27 heavy (non-hydrogen) atoms. The van der Waals surface area contributed by atoms with Crippen molar-refractivity contribution in [3.63, 3.8) is 0 Å². The summed E-state index contributed by atoms with van der Waals surface area (Å²) in [4.78, 5) is 0. The molecule has 3 rings (SSSR count). The Morgan fingerprint density at radius 2 is 1.89 bits per heavy atom. The smallest absolute Gasteiger partial charge is 0.437 e. The van der Waals surface area contributed by atoms with E-state index in [1.54, 1.807) is 25.1 Å². The SMILES string of the molecule is C=C(C)COc1ccc(-c2onc(C(F)(F)F)c2-c2ccccc2)c(O)c1. The summed E-state index contributed by atoms with van der Waals surface area (Å²) in [5.74, 6) is -0.0928. The number of phenols is 1. The van der Waals surface area contributed by atoms with Gasteiger partial charge >= 0.3 is 6.18 Å². The molecule has 0 aliphatic rings. The summed E-state index contributed by atoms with van der Waals surface area (Å²) < 4.78 is 50.6. The van der Waals surface area contributed by atoms with Crippen molar-refractivity contribution in [2.45, 2.75) is 13.1 Å². The van der Waals surface area contributed by atoms with E-state index in [0.29, 0.717) is 5.75 Å². The molecule has 0 radical (unpaired) electrons. The Morgan fingerprint density at radius 1 is 1.19 bits per heavy atom. The Labute approximate surface area is 153 Å². The lowest BCUT2D eigenvalue weighted by molar-refractivity contribution is -0.142. The zero-order chi connectivity index (χ0) is 19.6. The van der Waals surface area contributed by atoms with Crippen molar-refractivity contribution in [1.29, 1.82) is 0 Å². The zero-order valence-corrected chi connectivity index (χ0v) is 14.4. The van der Waals surface area contributed by atoms with Crippen LogP contribution in [0.3, 0.4) is 0 Å². The molecular weight excluding hydrogens is 359 g/mol. The van der Waals surface area contributed by atoms with Crippen LogP contribution in [0.15, 0.2) is 65.2 Å². The molecule has 0 bridgehead atoms. The number of rotatable bonds is 5. The van der Waals surface area contributed by atoms with Crippen LogP contribution in [-0.2, 0) is 6.18 Å². The molecule has 7 heteroatoms. The summed E-state index contributed by atoms with van der Waals surface area (Å²) >= 11 is 0. The van der Waals surface area contributed by atoms with Gasteiger partial charge in [0.1, 0.15) is 18.1 Å². The number of aromatic hydroxyl groups is 1. The van der Waals surface area contributed by atoms with Gasteiger partial charge in [-0.15, -0.1) is 0 Å². The third-order valence-corrected chi connectivity index (χ3v) is 3.72. The molecule has 0 atom stereocenters. The fraction of sp³-hybridized carbons (Fsp3) is 0.150. The predicted octanol–water partition coefficient (Wildman–Crippen LogP) is 5.69. The molecule has 0 amide bonds. The van der Waals surface area contributed by atoms with Crippen LogP contribution in [0.4, 0.5) is 13.2 Å². The highest BCUT2D eigenvalue weighted by molar-refractivity contribution is 5.84. The van der Waals surface area contributed by atoms with Crippen molar-refractivity contribution >= 4 is 0 Å². The van der Waals surface area contributed by atoms with Crippen molar-refractivity contribution in [3.8, 4) is 33.9 Å². The van der Waals surface area contributed by atoms with E-state index < -0.39 is 11.9 Å². The summed E-state index contributed by atoms with van der Waals surface area (Å²) in [6, 6.07) is 12.2. The van der Waals surface area contributed by atoms with Crippen LogP contribution >= 0.6 is 0 Å². The van der Waals surface area contributed by atoms with Crippen molar-refractivity contribution in [2.24, 2.45) is 0 Å². The van der Waals surface area contributed by atoms with Crippen molar-refractivity contribution in [2.75, 3.05) is 6.61 Å². The number of hydrogen-bond donors (Lipinski definition) is 1. The lowest BCUT2D eigenvalue weighted by atomic mass is 9.98. The highest BCUT2D eigenvalue weighted by Gasteiger charge is 2.40. The van der Waals surface area contributed by atoms with Crippen molar-refractivity contribution in [1.82, 2.24) is 5.16 Å². The maximum Gasteiger partial charge on any atom is 0.437 e. The number of hydrogen-bond acceptors (Lipinski definition) is 4. The van der Waals surface area contributed by atoms with Crippen LogP contribution in [0.25, 0.3) is 22.5 Å². The molecule has 1 N–H and O–H groups in total. The van der Waals surface area contributed by atoms with Crippen LogP contribution in [0.1, 0.15) is 12.6 Å². The van der Waals surface area contributed by atoms with Gasteiger partial charge in [0.15, 0.2) is 11.5 Å². The first-order valence-corrected chi connectivity index (χ1v) is 8.00. The number of aromatic nitrogens is 1. The van der Waals surface area contributed by atoms with Crippen molar-refractivity contribution in [3.05, 3.63) is 66.4 Å². The van der Waals surface area contributed by atoms with E-state index in [0.717, 1.165) is 5.57 Å². The average Bonchev–Trinajstić information content (AvgIpc) is 3.06. The molecule has 0 aliphatic heterocycles. The van der Waals surface area contributed by atoms with Gasteiger partial charge in [0.05, 0.1) is 11.1 Å². The van der Waals surface area contributed by atoms with Crippen molar-refractivity contribution < 1.29 is 27.5 Å². The van der Waals surface area contributed by atoms with E-state index in [2.05, 4.69) is 11.7 Å². The number of ether oxygens (including phenoxy) is 1. The van der Waals surface area contributed by atoms with Crippen LogP contribution in [0, 0.1) is 0 Å². The maximum atomic E-state index is 13.4. The minimum Gasteiger partial charge on any atom is -0.507 e. The number of alkyl halides is 3. The number of phenolic OH excluding ortho intramolecular Hbond substituents is 1. The molecule has 0 fully saturated rings. The molecule has 4 nitrogen and oxygen atoms in total. The molecule has 2 aromatic carbocycles. The molecule has 0 unspecified atom stereocenters. The van der Waals surface area contributed by atoms with Gasteiger partial charge in [-0.2, -0.15) is 13.2 Å². The molecule has 0 spiro atoms. The molecule has 140 valence electrons. The lowest BCUT2D eigenvalue weighted by Gasteiger charge is -2.10. The summed E-state index contributed by atoms with van der Waals surface area (Å²) in [6.45, 7) is 5.76. The second-order valence-corrected chi connectivity index (χ2v) is 6.02. The first-order chi connectivity index (χ1) is 12.8. The Bertz CT molecular complexity index is 962. The zero-order valence-electron chi connectivity index (χ0n) is 14.4. The largest absolute Gasteiger partial charge is 0.507 e. The fourth-order valence-electron chi connectivity index (χ4n) is 2.54. The first-order valence-electron chi connectivity index (χ1n) is 8.00. The third-order valence-electron chi connectivity index (χ3n) is 3.72. The highest BCUT2D eigenvalue weighted by Crippen LogP contribution is 2.44. The van der Waals surface area contributed by atoms with E-state index in [-0.39, 0.29) is 34.8 Å². The standard InChI is InChI=1S/C20H16F3NO3/c1-12(2)11-26-14-8-9-15(16(25)10-14)18-17(13-6-4-3-5-7-13)19(24-27-18)20(21,22)23/h3-10,25H,1,11H2,2H3. The lowest BCUT2D eigenvalue weighted by Crippen LogP contribution is -2.07. The van der Waals surface area contributed by atoms with Gasteiger partial charge in [-0.1, -0.05) is 42.1 Å². The molecule has 1 aromatic heterocycles. The fourth-order valence-corrected chi connectivity index (χ4v) is 2.54. The summed E-state index contributed by atoms with van der Waals surface area (Å²) in [5.41, 5.74) is -0.225. The van der Waals surface area contributed by atoms with E-state index in [1.807, 2.05) is 0 Å². The van der Waals surface area contributed by atoms with E-state index >= 15 is 0 Å². The molecular formula is C20H16F3NO3. The van der Waals surface area contributed by atoms with Gasteiger partial charge < -0.3 is 14.4 Å². The van der Waals surface area contributed by atoms with Gasteiger partial charge in [-0.3, -0.25) is 0 Å². The van der Waals surface area contributed by atoms with Gasteiger partial charge in [0, 0.05) is 6.07 Å². The molecule has 1 heterocycles. The van der Waals surface area contributed by atoms with Crippen LogP contribution in [-0.4, -0.2) is 16.9 Å². The van der Waals surface area contributed by atoms with Crippen LogP contribution in [0.5, 0.6) is 11.5 Å². The summed E-state index contributed by atoms with van der Waals surface area (Å²) in [6.07, 6.45) is -4.70. The Morgan fingerprint density at radius 3 is 2.48 bits per heavy atom. The second kappa shape index (κ2) is 7.19. The topological polar surface area (TPSA) is 55.5 Å². The maximum absolute atomic E-state index is 13.4. The van der Waals surface area contributed by atoms with Gasteiger partial charge in [0.2, 0.25) is 0 Å². The number of halogens is 3. The van der Waals surface area contributed by atoms with Crippen LogP contribution in [0.2, 0.25) is 0 Å². The Kier molecular flexibility index (Phi) is 4.94. The minimum atomic E-state index is -4.70. The Balaban J connectivity index is 2.10. The molecule has 3 aromatic rings. The van der Waals surface area contributed by atoms with Gasteiger partial charge in [-0.25, -0.2) is 0 Å². The summed E-state index contributed by atoms with van der Waals surface area (Å²) in [5, 5.41) is 13.5. The predicted molar refractivity (Wildman–Crippen MR) is 94.4 cm³/mol. The van der Waals surface area contributed by atoms with Gasteiger partial charge in [-0.05, 0) is 30.2 Å². The van der Waals surface area contributed by atoms with E-state index in [4.69, 9.17) is 9.26 Å². The average molecular weight is 375 g/mol. The summed E-state index contributed by atoms with van der Waals surface area (Å²) in [7, 11) is 0. The van der Waals surface area contributed by atoms with Crippen LogP contribution < -0.4 is 4.74 Å². The Hall–Kier alpha value is -3.22. The molecule has 0 aliphatic carbocycles. The third kappa shape index (κ3) is 3.97. The van der Waals surface area contributed by atoms with E-state index in [1.165, 1.54) is 30.3 Å². The quantitative estimate of drug-likeness (QED) is 0.582. The number of benzene rings is 2. The number of nitrogens with zero attached hydrogens (tertiary/aromatic N) is 1. The second-order valence-electron chi connectivity index (χ2n) is 6.02.